The Labute approximate surface area is 168 Å². The Kier molecular flexibility index (Phi) is 14.0. The summed E-state index contributed by atoms with van der Waals surface area (Å²) in [4.78, 5) is 13.8. The number of ether oxygens (including phenoxy) is 1. The smallest absolute Gasteiger partial charge is 0.236 e. The van der Waals surface area contributed by atoms with Crippen molar-refractivity contribution in [2.45, 2.75) is 33.8 Å². The van der Waals surface area contributed by atoms with Gasteiger partial charge in [-0.25, -0.2) is 4.99 Å². The number of hydrogen-bond acceptors (Lipinski definition) is 5. The first-order valence-corrected chi connectivity index (χ1v) is 9.21. The molecule has 0 aliphatic carbocycles. The molecule has 0 amide bonds. The number of aldehydes is 1. The molecule has 0 saturated carbocycles. The number of nitrogens with two attached hydrogens (primary N) is 2. The van der Waals surface area contributed by atoms with Gasteiger partial charge in [-0.3, -0.25) is 4.79 Å². The Balaban J connectivity index is 0.000000604. The van der Waals surface area contributed by atoms with Gasteiger partial charge in [0.05, 0.1) is 5.70 Å². The first-order chi connectivity index (χ1) is 13.6. The lowest BCUT2D eigenvalue weighted by atomic mass is 10.2. The number of nitrogen functional groups attached to an aromatic ring is 1. The van der Waals surface area contributed by atoms with Crippen molar-refractivity contribution < 1.29 is 9.53 Å². The monoisotopic (exact) mass is 381 g/mol. The zero-order valence-electron chi connectivity index (χ0n) is 17.0. The van der Waals surface area contributed by atoms with Gasteiger partial charge in [0.2, 0.25) is 5.88 Å². The number of carbonyl (C=O) groups excluding carboxylic acids is 1. The number of rotatable bonds is 7. The lowest BCUT2D eigenvalue weighted by molar-refractivity contribution is 0.112. The Hall–Kier alpha value is -3.34. The minimum absolute atomic E-state index is 0.321. The average Bonchev–Trinajstić information content (AvgIpc) is 2.76. The molecule has 2 rings (SSSR count). The molecule has 2 aromatic rings. The SMILES string of the molecule is C=N/C(OCc1ccccc1N)=C(N)\C=C/CC.CC.O=Cc1ccccc1. The van der Waals surface area contributed by atoms with Crippen molar-refractivity contribution in [2.75, 3.05) is 5.73 Å². The summed E-state index contributed by atoms with van der Waals surface area (Å²) in [6, 6.07) is 16.6. The van der Waals surface area contributed by atoms with Gasteiger partial charge in [0.25, 0.3) is 0 Å². The van der Waals surface area contributed by atoms with Crippen molar-refractivity contribution >= 4 is 18.7 Å². The Morgan fingerprint density at radius 1 is 1.11 bits per heavy atom. The van der Waals surface area contributed by atoms with Crippen LogP contribution in [0.25, 0.3) is 0 Å². The van der Waals surface area contributed by atoms with E-state index in [1.807, 2.05) is 69.3 Å². The van der Waals surface area contributed by atoms with Gasteiger partial charge in [-0.1, -0.05) is 75.4 Å². The van der Waals surface area contributed by atoms with Crippen LogP contribution >= 0.6 is 0 Å². The highest BCUT2D eigenvalue weighted by atomic mass is 16.5. The number of carbonyl (C=O) groups is 1. The second kappa shape index (κ2) is 15.9. The van der Waals surface area contributed by atoms with Gasteiger partial charge in [0.15, 0.2) is 0 Å². The second-order valence-corrected chi connectivity index (χ2v) is 5.25. The van der Waals surface area contributed by atoms with E-state index in [4.69, 9.17) is 16.2 Å². The van der Waals surface area contributed by atoms with Crippen LogP contribution in [0.2, 0.25) is 0 Å². The van der Waals surface area contributed by atoms with Crippen LogP contribution in [0.4, 0.5) is 5.69 Å². The van der Waals surface area contributed by atoms with Gasteiger partial charge in [0.1, 0.15) is 12.9 Å². The van der Waals surface area contributed by atoms with Crippen molar-refractivity contribution in [3.8, 4) is 0 Å². The molecule has 28 heavy (non-hydrogen) atoms. The molecule has 0 atom stereocenters. The quantitative estimate of drug-likeness (QED) is 0.229. The van der Waals surface area contributed by atoms with E-state index in [0.29, 0.717) is 23.9 Å². The molecule has 150 valence electrons. The number of hydrogen-bond donors (Lipinski definition) is 2. The molecule has 2 aromatic carbocycles. The molecule has 0 bridgehead atoms. The lowest BCUT2D eigenvalue weighted by Gasteiger charge is -2.09. The fourth-order valence-electron chi connectivity index (χ4n) is 1.88. The average molecular weight is 382 g/mol. The Bertz CT molecular complexity index is 753. The summed E-state index contributed by atoms with van der Waals surface area (Å²) in [6.07, 6.45) is 5.43. The highest BCUT2D eigenvalue weighted by Crippen LogP contribution is 2.15. The summed E-state index contributed by atoms with van der Waals surface area (Å²) in [5, 5.41) is 0. The third-order valence-corrected chi connectivity index (χ3v) is 3.28. The molecule has 0 saturated heterocycles. The van der Waals surface area contributed by atoms with E-state index in [9.17, 15) is 4.79 Å². The normalized spacial score (nSPS) is 10.5. The standard InChI is InChI=1S/C14H19N3O.C7H6O.C2H6/c1-3-4-8-13(16)14(17-2)18-10-11-7-5-6-9-12(11)15;8-6-7-4-2-1-3-5-7;1-2/h4-9H,2-3,10,15-16H2,1H3;1-6H;1-2H3/b8-4-,14-13-;;. The first-order valence-electron chi connectivity index (χ1n) is 9.21. The second-order valence-electron chi connectivity index (χ2n) is 5.25. The Morgan fingerprint density at radius 3 is 2.21 bits per heavy atom. The summed E-state index contributed by atoms with van der Waals surface area (Å²) >= 11 is 0. The molecule has 0 aliphatic heterocycles. The van der Waals surface area contributed by atoms with E-state index in [0.717, 1.165) is 23.8 Å². The third kappa shape index (κ3) is 9.97. The van der Waals surface area contributed by atoms with Crippen molar-refractivity contribution in [2.24, 2.45) is 10.7 Å². The molecule has 5 heteroatoms. The van der Waals surface area contributed by atoms with Crippen LogP contribution < -0.4 is 11.5 Å². The number of anilines is 1. The third-order valence-electron chi connectivity index (χ3n) is 3.28. The number of aliphatic imine (C=N–C) groups is 1. The molecule has 5 nitrogen and oxygen atoms in total. The maximum absolute atomic E-state index is 10.0. The zero-order chi connectivity index (χ0) is 21.2. The Morgan fingerprint density at radius 2 is 1.71 bits per heavy atom. The lowest BCUT2D eigenvalue weighted by Crippen LogP contribution is -2.03. The maximum atomic E-state index is 10.0. The van der Waals surface area contributed by atoms with Gasteiger partial charge in [0, 0.05) is 16.8 Å². The molecule has 0 fully saturated rings. The molecular formula is C23H31N3O2. The van der Waals surface area contributed by atoms with Gasteiger partial charge in [-0.15, -0.1) is 0 Å². The highest BCUT2D eigenvalue weighted by molar-refractivity contribution is 5.74. The largest absolute Gasteiger partial charge is 0.471 e. The van der Waals surface area contributed by atoms with Crippen molar-refractivity contribution in [1.29, 1.82) is 0 Å². The van der Waals surface area contributed by atoms with Crippen LogP contribution in [0.1, 0.15) is 43.1 Å². The summed E-state index contributed by atoms with van der Waals surface area (Å²) in [5.41, 5.74) is 14.4. The van der Waals surface area contributed by atoms with Crippen LogP contribution in [0.15, 0.2) is 83.3 Å². The van der Waals surface area contributed by atoms with Gasteiger partial charge >= 0.3 is 0 Å². The van der Waals surface area contributed by atoms with Gasteiger partial charge < -0.3 is 16.2 Å². The van der Waals surface area contributed by atoms with Crippen LogP contribution in [-0.2, 0) is 11.3 Å². The molecule has 0 unspecified atom stereocenters. The van der Waals surface area contributed by atoms with Gasteiger partial charge in [-0.05, 0) is 25.3 Å². The van der Waals surface area contributed by atoms with E-state index >= 15 is 0 Å². The molecule has 0 spiro atoms. The number of allylic oxidation sites excluding steroid dienone is 2. The number of benzene rings is 2. The predicted molar refractivity (Wildman–Crippen MR) is 119 cm³/mol. The van der Waals surface area contributed by atoms with Gasteiger partial charge in [-0.2, -0.15) is 0 Å². The van der Waals surface area contributed by atoms with Crippen LogP contribution in [-0.4, -0.2) is 13.0 Å². The van der Waals surface area contributed by atoms with Crippen LogP contribution in [0.5, 0.6) is 0 Å². The highest BCUT2D eigenvalue weighted by Gasteiger charge is 2.03. The van der Waals surface area contributed by atoms with E-state index < -0.39 is 0 Å². The summed E-state index contributed by atoms with van der Waals surface area (Å²) in [5.74, 6) is 0.322. The summed E-state index contributed by atoms with van der Waals surface area (Å²) < 4.78 is 5.51. The van der Waals surface area contributed by atoms with E-state index in [1.165, 1.54) is 0 Å². The maximum Gasteiger partial charge on any atom is 0.236 e. The van der Waals surface area contributed by atoms with Crippen molar-refractivity contribution in [1.82, 2.24) is 0 Å². The summed E-state index contributed by atoms with van der Waals surface area (Å²) in [6.45, 7) is 9.79. The van der Waals surface area contributed by atoms with Crippen LogP contribution in [0, 0.1) is 0 Å². The fourth-order valence-corrected chi connectivity index (χ4v) is 1.88. The molecule has 0 aliphatic rings. The molecule has 0 aromatic heterocycles. The van der Waals surface area contributed by atoms with Crippen LogP contribution in [0.3, 0.4) is 0 Å². The zero-order valence-corrected chi connectivity index (χ0v) is 17.0. The van der Waals surface area contributed by atoms with E-state index in [1.54, 1.807) is 18.2 Å². The number of nitrogens with zero attached hydrogens (tertiary/aromatic N) is 1. The molecule has 0 heterocycles. The van der Waals surface area contributed by atoms with E-state index in [2.05, 4.69) is 11.7 Å². The van der Waals surface area contributed by atoms with Crippen molar-refractivity contribution in [3.63, 3.8) is 0 Å². The van der Waals surface area contributed by atoms with E-state index in [-0.39, 0.29) is 0 Å². The fraction of sp³-hybridized carbons (Fsp3) is 0.217. The predicted octanol–water partition coefficient (Wildman–Crippen LogP) is 5.11. The van der Waals surface area contributed by atoms with Crippen molar-refractivity contribution in [3.05, 3.63) is 89.5 Å². The molecule has 4 N–H and O–H groups in total. The summed E-state index contributed by atoms with van der Waals surface area (Å²) in [7, 11) is 0. The minimum atomic E-state index is 0.321. The number of para-hydroxylation sites is 1. The topological polar surface area (TPSA) is 90.7 Å². The minimum Gasteiger partial charge on any atom is -0.471 e. The molecular weight excluding hydrogens is 350 g/mol. The first kappa shape index (κ1) is 24.7. The molecule has 0 radical (unpaired) electrons.